The standard InChI is InChI=1S/C11H14O2/c12-6-1-2-9-3-4-10-5-7-13-11(10)8-9/h3-4,8,12H,1-2,5-7H2. The molecule has 1 aromatic carbocycles. The summed E-state index contributed by atoms with van der Waals surface area (Å²) in [4.78, 5) is 0. The number of aryl methyl sites for hydroxylation is 1. The van der Waals surface area contributed by atoms with E-state index in [1.54, 1.807) is 0 Å². The van der Waals surface area contributed by atoms with E-state index in [0.717, 1.165) is 31.6 Å². The zero-order valence-electron chi connectivity index (χ0n) is 7.62. The predicted octanol–water partition coefficient (Wildman–Crippen LogP) is 1.55. The highest BCUT2D eigenvalue weighted by atomic mass is 16.5. The second-order valence-corrected chi connectivity index (χ2v) is 3.37. The molecule has 0 unspecified atom stereocenters. The molecule has 0 bridgehead atoms. The van der Waals surface area contributed by atoms with Crippen molar-refractivity contribution >= 4 is 0 Å². The lowest BCUT2D eigenvalue weighted by molar-refractivity contribution is 0.288. The van der Waals surface area contributed by atoms with Crippen molar-refractivity contribution in [2.75, 3.05) is 13.2 Å². The molecular weight excluding hydrogens is 164 g/mol. The average Bonchev–Trinajstić information content (AvgIpc) is 2.61. The fourth-order valence-electron chi connectivity index (χ4n) is 1.65. The Morgan fingerprint density at radius 2 is 2.31 bits per heavy atom. The van der Waals surface area contributed by atoms with E-state index in [9.17, 15) is 0 Å². The first-order valence-corrected chi connectivity index (χ1v) is 4.75. The zero-order chi connectivity index (χ0) is 9.10. The van der Waals surface area contributed by atoms with Crippen molar-refractivity contribution in [2.45, 2.75) is 19.3 Å². The van der Waals surface area contributed by atoms with Crippen LogP contribution >= 0.6 is 0 Å². The van der Waals surface area contributed by atoms with E-state index in [0.29, 0.717) is 0 Å². The Kier molecular flexibility index (Phi) is 2.50. The molecule has 0 amide bonds. The highest BCUT2D eigenvalue weighted by molar-refractivity contribution is 5.40. The van der Waals surface area contributed by atoms with Gasteiger partial charge in [-0.1, -0.05) is 12.1 Å². The highest BCUT2D eigenvalue weighted by Gasteiger charge is 2.11. The molecule has 0 saturated heterocycles. The summed E-state index contributed by atoms with van der Waals surface area (Å²) in [6.07, 6.45) is 2.81. The van der Waals surface area contributed by atoms with Crippen LogP contribution in [0.15, 0.2) is 18.2 Å². The summed E-state index contributed by atoms with van der Waals surface area (Å²) in [6.45, 7) is 1.08. The van der Waals surface area contributed by atoms with Crippen LogP contribution in [0.25, 0.3) is 0 Å². The molecule has 1 N–H and O–H groups in total. The quantitative estimate of drug-likeness (QED) is 0.761. The van der Waals surface area contributed by atoms with Crippen LogP contribution < -0.4 is 4.74 Å². The number of hydrogen-bond acceptors (Lipinski definition) is 2. The van der Waals surface area contributed by atoms with E-state index in [2.05, 4.69) is 18.2 Å². The Morgan fingerprint density at radius 1 is 1.38 bits per heavy atom. The van der Waals surface area contributed by atoms with Crippen molar-refractivity contribution in [3.8, 4) is 5.75 Å². The smallest absolute Gasteiger partial charge is 0.122 e. The summed E-state index contributed by atoms with van der Waals surface area (Å²) in [5, 5.41) is 8.69. The normalized spacial score (nSPS) is 13.9. The van der Waals surface area contributed by atoms with E-state index in [1.807, 2.05) is 0 Å². The van der Waals surface area contributed by atoms with Gasteiger partial charge in [0, 0.05) is 13.0 Å². The first kappa shape index (κ1) is 8.57. The van der Waals surface area contributed by atoms with E-state index < -0.39 is 0 Å². The monoisotopic (exact) mass is 178 g/mol. The maximum atomic E-state index is 8.69. The van der Waals surface area contributed by atoms with Crippen LogP contribution in [0.1, 0.15) is 17.5 Å². The topological polar surface area (TPSA) is 29.5 Å². The van der Waals surface area contributed by atoms with Gasteiger partial charge in [-0.3, -0.25) is 0 Å². The van der Waals surface area contributed by atoms with E-state index in [4.69, 9.17) is 9.84 Å². The largest absolute Gasteiger partial charge is 0.493 e. The molecule has 2 nitrogen and oxygen atoms in total. The summed E-state index contributed by atoms with van der Waals surface area (Å²) >= 11 is 0. The number of benzene rings is 1. The van der Waals surface area contributed by atoms with E-state index in [1.165, 1.54) is 11.1 Å². The Balaban J connectivity index is 2.12. The summed E-state index contributed by atoms with van der Waals surface area (Å²) in [5.74, 6) is 1.04. The Morgan fingerprint density at radius 3 is 3.15 bits per heavy atom. The SMILES string of the molecule is OCCCc1ccc2c(c1)OCC2. The van der Waals surface area contributed by atoms with Crippen LogP contribution in [0.4, 0.5) is 0 Å². The minimum absolute atomic E-state index is 0.262. The van der Waals surface area contributed by atoms with Crippen LogP contribution in [0.3, 0.4) is 0 Å². The fourth-order valence-corrected chi connectivity index (χ4v) is 1.65. The van der Waals surface area contributed by atoms with Crippen LogP contribution in [0.5, 0.6) is 5.75 Å². The fraction of sp³-hybridized carbons (Fsp3) is 0.455. The molecule has 13 heavy (non-hydrogen) atoms. The van der Waals surface area contributed by atoms with Gasteiger partial charge < -0.3 is 9.84 Å². The second kappa shape index (κ2) is 3.79. The molecule has 0 fully saturated rings. The summed E-state index contributed by atoms with van der Waals surface area (Å²) in [5.41, 5.74) is 2.57. The third-order valence-corrected chi connectivity index (χ3v) is 2.38. The van der Waals surface area contributed by atoms with Crippen molar-refractivity contribution in [3.05, 3.63) is 29.3 Å². The predicted molar refractivity (Wildman–Crippen MR) is 51.0 cm³/mol. The van der Waals surface area contributed by atoms with Gasteiger partial charge >= 0.3 is 0 Å². The maximum Gasteiger partial charge on any atom is 0.122 e. The number of hydrogen-bond donors (Lipinski definition) is 1. The van der Waals surface area contributed by atoms with Crippen LogP contribution in [0.2, 0.25) is 0 Å². The molecule has 2 heteroatoms. The number of fused-ring (bicyclic) bond motifs is 1. The van der Waals surface area contributed by atoms with Crippen LogP contribution in [-0.4, -0.2) is 18.3 Å². The molecule has 2 rings (SSSR count). The van der Waals surface area contributed by atoms with Crippen molar-refractivity contribution in [1.82, 2.24) is 0 Å². The van der Waals surface area contributed by atoms with Crippen LogP contribution in [0, 0.1) is 0 Å². The Bertz CT molecular complexity index is 294. The minimum atomic E-state index is 0.262. The lowest BCUT2D eigenvalue weighted by atomic mass is 10.1. The maximum absolute atomic E-state index is 8.69. The molecule has 1 heterocycles. The van der Waals surface area contributed by atoms with Gasteiger partial charge in [-0.25, -0.2) is 0 Å². The summed E-state index contributed by atoms with van der Waals surface area (Å²) < 4.78 is 5.46. The van der Waals surface area contributed by atoms with Crippen LogP contribution in [-0.2, 0) is 12.8 Å². The second-order valence-electron chi connectivity index (χ2n) is 3.37. The van der Waals surface area contributed by atoms with Gasteiger partial charge in [0.2, 0.25) is 0 Å². The minimum Gasteiger partial charge on any atom is -0.493 e. The first-order valence-electron chi connectivity index (χ1n) is 4.75. The third-order valence-electron chi connectivity index (χ3n) is 2.38. The molecule has 1 aromatic rings. The van der Waals surface area contributed by atoms with Crippen molar-refractivity contribution in [2.24, 2.45) is 0 Å². The van der Waals surface area contributed by atoms with Crippen molar-refractivity contribution in [3.63, 3.8) is 0 Å². The van der Waals surface area contributed by atoms with Gasteiger partial charge in [-0.05, 0) is 30.0 Å². The van der Waals surface area contributed by atoms with E-state index >= 15 is 0 Å². The molecule has 1 aliphatic heterocycles. The van der Waals surface area contributed by atoms with Gasteiger partial charge in [0.15, 0.2) is 0 Å². The molecule has 0 saturated carbocycles. The zero-order valence-corrected chi connectivity index (χ0v) is 7.62. The van der Waals surface area contributed by atoms with Gasteiger partial charge in [0.05, 0.1) is 6.61 Å². The van der Waals surface area contributed by atoms with Gasteiger partial charge in [-0.15, -0.1) is 0 Å². The van der Waals surface area contributed by atoms with Gasteiger partial charge in [-0.2, -0.15) is 0 Å². The summed E-state index contributed by atoms with van der Waals surface area (Å²) in [6, 6.07) is 6.36. The molecule has 70 valence electrons. The lowest BCUT2D eigenvalue weighted by Crippen LogP contribution is -1.90. The molecule has 0 aromatic heterocycles. The number of aliphatic hydroxyl groups is 1. The lowest BCUT2D eigenvalue weighted by Gasteiger charge is -2.02. The number of rotatable bonds is 3. The highest BCUT2D eigenvalue weighted by Crippen LogP contribution is 2.26. The molecule has 0 radical (unpaired) electrons. The number of ether oxygens (including phenoxy) is 1. The Hall–Kier alpha value is -1.02. The van der Waals surface area contributed by atoms with Gasteiger partial charge in [0.25, 0.3) is 0 Å². The molecule has 1 aliphatic rings. The third kappa shape index (κ3) is 1.83. The summed E-state index contributed by atoms with van der Waals surface area (Å²) in [7, 11) is 0. The average molecular weight is 178 g/mol. The first-order chi connectivity index (χ1) is 6.40. The van der Waals surface area contributed by atoms with E-state index in [-0.39, 0.29) is 6.61 Å². The molecule has 0 aliphatic carbocycles. The Labute approximate surface area is 78.2 Å². The molecular formula is C11H14O2. The van der Waals surface area contributed by atoms with Crippen molar-refractivity contribution in [1.29, 1.82) is 0 Å². The van der Waals surface area contributed by atoms with Crippen molar-refractivity contribution < 1.29 is 9.84 Å². The molecule has 0 spiro atoms. The van der Waals surface area contributed by atoms with Gasteiger partial charge in [0.1, 0.15) is 5.75 Å². The molecule has 0 atom stereocenters. The number of aliphatic hydroxyl groups excluding tert-OH is 1.